The first kappa shape index (κ1) is 15.6. The Balaban J connectivity index is 1.66. The summed E-state index contributed by atoms with van der Waals surface area (Å²) in [6.07, 6.45) is 8.92. The summed E-state index contributed by atoms with van der Waals surface area (Å²) >= 11 is 0. The van der Waals surface area contributed by atoms with Crippen LogP contribution in [0.5, 0.6) is 5.75 Å². The molecule has 1 aliphatic carbocycles. The van der Waals surface area contributed by atoms with E-state index in [0.29, 0.717) is 11.2 Å². The van der Waals surface area contributed by atoms with Crippen LogP contribution in [0.15, 0.2) is 42.7 Å². The van der Waals surface area contributed by atoms with Crippen molar-refractivity contribution in [3.05, 3.63) is 48.3 Å². The van der Waals surface area contributed by atoms with Crippen molar-refractivity contribution in [3.63, 3.8) is 0 Å². The van der Waals surface area contributed by atoms with Crippen LogP contribution in [0.25, 0.3) is 16.9 Å². The van der Waals surface area contributed by atoms with E-state index in [4.69, 9.17) is 0 Å². The molecule has 3 aromatic rings. The molecule has 1 saturated carbocycles. The zero-order valence-corrected chi connectivity index (χ0v) is 13.9. The fraction of sp³-hybridized carbons (Fsp3) is 0.316. The molecule has 1 aromatic carbocycles. The van der Waals surface area contributed by atoms with Crippen LogP contribution in [0.3, 0.4) is 0 Å². The van der Waals surface area contributed by atoms with Crippen LogP contribution in [-0.4, -0.2) is 31.7 Å². The number of aromatic nitrogens is 3. The normalized spacial score (nSPS) is 15.4. The highest BCUT2D eigenvalue weighted by atomic mass is 16.3. The second-order valence-corrected chi connectivity index (χ2v) is 6.48. The molecule has 128 valence electrons. The Morgan fingerprint density at radius 2 is 1.88 bits per heavy atom. The Kier molecular flexibility index (Phi) is 4.09. The lowest BCUT2D eigenvalue weighted by Gasteiger charge is -2.22. The number of phenolic OH excluding ortho intramolecular Hbond substituents is 1. The van der Waals surface area contributed by atoms with Crippen molar-refractivity contribution in [1.29, 1.82) is 0 Å². The predicted octanol–water partition coefficient (Wildman–Crippen LogP) is 3.16. The average molecular weight is 336 g/mol. The molecule has 2 N–H and O–H groups in total. The number of nitrogens with one attached hydrogen (secondary N) is 1. The second kappa shape index (κ2) is 6.55. The summed E-state index contributed by atoms with van der Waals surface area (Å²) in [5.41, 5.74) is 2.75. The van der Waals surface area contributed by atoms with Crippen LogP contribution in [0.2, 0.25) is 0 Å². The quantitative estimate of drug-likeness (QED) is 0.770. The summed E-state index contributed by atoms with van der Waals surface area (Å²) in [5.74, 6) is 0.0966. The highest BCUT2D eigenvalue weighted by Gasteiger charge is 2.20. The van der Waals surface area contributed by atoms with Gasteiger partial charge in [0.1, 0.15) is 11.3 Å². The van der Waals surface area contributed by atoms with E-state index in [1.807, 2.05) is 18.2 Å². The first-order valence-corrected chi connectivity index (χ1v) is 8.65. The van der Waals surface area contributed by atoms with Crippen LogP contribution in [0, 0.1) is 0 Å². The Morgan fingerprint density at radius 1 is 1.12 bits per heavy atom. The van der Waals surface area contributed by atoms with E-state index in [-0.39, 0.29) is 17.7 Å². The van der Waals surface area contributed by atoms with Crippen LogP contribution < -0.4 is 5.32 Å². The molecular formula is C19H20N4O2. The van der Waals surface area contributed by atoms with E-state index in [0.717, 1.165) is 24.1 Å². The first-order chi connectivity index (χ1) is 12.2. The van der Waals surface area contributed by atoms with Crippen molar-refractivity contribution >= 4 is 11.6 Å². The number of fused-ring (bicyclic) bond motifs is 1. The second-order valence-electron chi connectivity index (χ2n) is 6.48. The molecule has 0 radical (unpaired) electrons. The van der Waals surface area contributed by atoms with Crippen molar-refractivity contribution < 1.29 is 9.90 Å². The smallest absolute Gasteiger partial charge is 0.256 e. The molecule has 0 aliphatic heterocycles. The molecule has 0 bridgehead atoms. The minimum atomic E-state index is -0.114. The van der Waals surface area contributed by atoms with E-state index in [1.54, 1.807) is 29.0 Å². The van der Waals surface area contributed by atoms with Gasteiger partial charge in [0.05, 0.1) is 11.9 Å². The summed E-state index contributed by atoms with van der Waals surface area (Å²) in [7, 11) is 0. The number of rotatable bonds is 3. The third-order valence-electron chi connectivity index (χ3n) is 4.75. The topological polar surface area (TPSA) is 79.5 Å². The van der Waals surface area contributed by atoms with E-state index < -0.39 is 0 Å². The van der Waals surface area contributed by atoms with Gasteiger partial charge in [0.15, 0.2) is 5.65 Å². The largest absolute Gasteiger partial charge is 0.508 e. The van der Waals surface area contributed by atoms with Crippen molar-refractivity contribution in [1.82, 2.24) is 19.9 Å². The summed E-state index contributed by atoms with van der Waals surface area (Å²) < 4.78 is 1.67. The van der Waals surface area contributed by atoms with Gasteiger partial charge in [-0.3, -0.25) is 4.79 Å². The lowest BCUT2D eigenvalue weighted by molar-refractivity contribution is 0.0929. The van der Waals surface area contributed by atoms with E-state index in [1.165, 1.54) is 19.3 Å². The number of nitrogens with zero attached hydrogens (tertiary/aromatic N) is 3. The minimum Gasteiger partial charge on any atom is -0.508 e. The molecule has 1 aliphatic rings. The maximum atomic E-state index is 12.6. The Bertz CT molecular complexity index is 895. The number of benzene rings is 1. The lowest BCUT2D eigenvalue weighted by Crippen LogP contribution is -2.36. The fourth-order valence-electron chi connectivity index (χ4n) is 3.41. The van der Waals surface area contributed by atoms with Crippen molar-refractivity contribution in [2.75, 3.05) is 0 Å². The first-order valence-electron chi connectivity index (χ1n) is 8.65. The van der Waals surface area contributed by atoms with Gasteiger partial charge in [-0.15, -0.1) is 0 Å². The third-order valence-corrected chi connectivity index (χ3v) is 4.75. The number of phenols is 1. The van der Waals surface area contributed by atoms with Gasteiger partial charge in [-0.2, -0.15) is 5.10 Å². The van der Waals surface area contributed by atoms with Crippen LogP contribution in [0.4, 0.5) is 0 Å². The summed E-state index contributed by atoms with van der Waals surface area (Å²) in [6.45, 7) is 0. The third kappa shape index (κ3) is 3.07. The van der Waals surface area contributed by atoms with Gasteiger partial charge < -0.3 is 10.4 Å². The number of aromatic hydroxyl groups is 1. The van der Waals surface area contributed by atoms with Gasteiger partial charge in [0.2, 0.25) is 0 Å². The lowest BCUT2D eigenvalue weighted by atomic mass is 9.95. The number of hydrogen-bond donors (Lipinski definition) is 2. The molecule has 0 unspecified atom stereocenters. The standard InChI is InChI=1S/C19H20N4O2/c24-15-8-6-13(7-9-15)17-10-11-20-18-16(12-21-23(17)18)19(25)22-14-4-2-1-3-5-14/h6-12,14,24H,1-5H2,(H,22,25). The van der Waals surface area contributed by atoms with E-state index in [9.17, 15) is 9.90 Å². The number of carbonyl (C=O) groups excluding carboxylic acids is 1. The molecule has 4 rings (SSSR count). The monoisotopic (exact) mass is 336 g/mol. The molecule has 0 atom stereocenters. The van der Waals surface area contributed by atoms with E-state index in [2.05, 4.69) is 15.4 Å². The van der Waals surface area contributed by atoms with Crippen molar-refractivity contribution in [2.45, 2.75) is 38.1 Å². The van der Waals surface area contributed by atoms with E-state index >= 15 is 0 Å². The highest BCUT2D eigenvalue weighted by Crippen LogP contribution is 2.23. The predicted molar refractivity (Wildman–Crippen MR) is 94.4 cm³/mol. The number of carbonyl (C=O) groups is 1. The molecule has 2 aromatic heterocycles. The zero-order valence-electron chi connectivity index (χ0n) is 13.9. The molecule has 6 nitrogen and oxygen atoms in total. The molecule has 6 heteroatoms. The molecule has 2 heterocycles. The number of amides is 1. The molecule has 0 saturated heterocycles. The SMILES string of the molecule is O=C(NC1CCCCC1)c1cnn2c(-c3ccc(O)cc3)ccnc12. The Morgan fingerprint density at radius 3 is 2.64 bits per heavy atom. The molecule has 1 fully saturated rings. The Hall–Kier alpha value is -2.89. The van der Waals surface area contributed by atoms with Crippen molar-refractivity contribution in [3.8, 4) is 17.0 Å². The van der Waals surface area contributed by atoms with Gasteiger partial charge >= 0.3 is 0 Å². The van der Waals surface area contributed by atoms with Crippen LogP contribution >= 0.6 is 0 Å². The van der Waals surface area contributed by atoms with Gasteiger partial charge in [0, 0.05) is 17.8 Å². The molecule has 0 spiro atoms. The molecule has 1 amide bonds. The minimum absolute atomic E-state index is 0.114. The average Bonchev–Trinajstić information content (AvgIpc) is 3.07. The maximum Gasteiger partial charge on any atom is 0.256 e. The van der Waals surface area contributed by atoms with Gasteiger partial charge in [-0.1, -0.05) is 19.3 Å². The number of hydrogen-bond acceptors (Lipinski definition) is 4. The summed E-state index contributed by atoms with van der Waals surface area (Å²) in [6, 6.07) is 8.97. The fourth-order valence-corrected chi connectivity index (χ4v) is 3.41. The molecule has 25 heavy (non-hydrogen) atoms. The molecular weight excluding hydrogens is 316 g/mol. The summed E-state index contributed by atoms with van der Waals surface area (Å²) in [4.78, 5) is 17.0. The van der Waals surface area contributed by atoms with Gasteiger partial charge in [-0.05, 0) is 43.2 Å². The maximum absolute atomic E-state index is 12.6. The van der Waals surface area contributed by atoms with Gasteiger partial charge in [-0.25, -0.2) is 9.50 Å². The van der Waals surface area contributed by atoms with Crippen LogP contribution in [-0.2, 0) is 0 Å². The van der Waals surface area contributed by atoms with Gasteiger partial charge in [0.25, 0.3) is 5.91 Å². The van der Waals surface area contributed by atoms with Crippen molar-refractivity contribution in [2.24, 2.45) is 0 Å². The summed E-state index contributed by atoms with van der Waals surface area (Å²) in [5, 5.41) is 16.9. The van der Waals surface area contributed by atoms with Crippen LogP contribution in [0.1, 0.15) is 42.5 Å². The Labute approximate surface area is 145 Å². The zero-order chi connectivity index (χ0) is 17.2. The highest BCUT2D eigenvalue weighted by molar-refractivity contribution is 6.00.